The smallest absolute Gasteiger partial charge is 0.310 e. The number of ether oxygens (including phenoxy) is 4. The van der Waals surface area contributed by atoms with Crippen molar-refractivity contribution in [2.24, 2.45) is 11.7 Å². The monoisotopic (exact) mass is 394 g/mol. The van der Waals surface area contributed by atoms with E-state index in [0.717, 1.165) is 0 Å². The molecule has 0 saturated carbocycles. The molecule has 0 aromatic heterocycles. The number of piperidine rings is 1. The minimum absolute atomic E-state index is 0.0616. The van der Waals surface area contributed by atoms with Crippen LogP contribution in [-0.4, -0.2) is 63.7 Å². The molecule has 9 nitrogen and oxygen atoms in total. The topological polar surface area (TPSA) is 117 Å². The van der Waals surface area contributed by atoms with Crippen molar-refractivity contribution < 1.29 is 33.3 Å². The van der Waals surface area contributed by atoms with E-state index in [1.54, 1.807) is 12.1 Å². The molecule has 28 heavy (non-hydrogen) atoms. The largest absolute Gasteiger partial charge is 0.493 e. The Bertz CT molecular complexity index is 710. The number of primary amides is 1. The summed E-state index contributed by atoms with van der Waals surface area (Å²) in [5, 5.41) is 0. The van der Waals surface area contributed by atoms with E-state index in [1.165, 1.54) is 26.2 Å². The molecule has 0 aliphatic carbocycles. The summed E-state index contributed by atoms with van der Waals surface area (Å²) in [6, 6.07) is 3.29. The Morgan fingerprint density at radius 1 is 1.11 bits per heavy atom. The number of nitrogens with zero attached hydrogens (tertiary/aromatic N) is 1. The SMILES string of the molecule is COc1cc(CC(=O)OCC(=O)N2CCC[C@@H](C(N)=O)C2)cc(OC)c1OC. The standard InChI is InChI=1S/C19H26N2O7/c1-25-14-7-12(8-15(26-2)18(14)27-3)9-17(23)28-11-16(22)21-6-4-5-13(10-21)19(20)24/h7-8,13H,4-6,9-11H2,1-3H3,(H2,20,24)/t13-/m1/s1. The van der Waals surface area contributed by atoms with Crippen LogP contribution in [-0.2, 0) is 25.5 Å². The molecule has 0 spiro atoms. The van der Waals surface area contributed by atoms with Crippen molar-refractivity contribution >= 4 is 17.8 Å². The van der Waals surface area contributed by atoms with Gasteiger partial charge in [0, 0.05) is 13.1 Å². The fourth-order valence-corrected chi connectivity index (χ4v) is 3.12. The van der Waals surface area contributed by atoms with Crippen molar-refractivity contribution in [3.05, 3.63) is 17.7 Å². The third kappa shape index (κ3) is 5.28. The molecule has 154 valence electrons. The highest BCUT2D eigenvalue weighted by atomic mass is 16.5. The van der Waals surface area contributed by atoms with Gasteiger partial charge >= 0.3 is 5.97 Å². The second-order valence-corrected chi connectivity index (χ2v) is 6.45. The normalized spacial score (nSPS) is 16.2. The number of rotatable bonds is 8. The van der Waals surface area contributed by atoms with Crippen LogP contribution in [0.5, 0.6) is 17.2 Å². The Labute approximate surface area is 163 Å². The lowest BCUT2D eigenvalue weighted by Crippen LogP contribution is -2.45. The van der Waals surface area contributed by atoms with E-state index < -0.39 is 11.9 Å². The predicted octanol–water partition coefficient (Wildman–Crippen LogP) is 0.522. The molecular formula is C19H26N2O7. The molecule has 9 heteroatoms. The zero-order valence-corrected chi connectivity index (χ0v) is 16.4. The van der Waals surface area contributed by atoms with Crippen LogP contribution in [0.4, 0.5) is 0 Å². The first kappa shape index (κ1) is 21.3. The third-order valence-corrected chi connectivity index (χ3v) is 4.61. The van der Waals surface area contributed by atoms with Gasteiger partial charge < -0.3 is 29.6 Å². The molecule has 1 saturated heterocycles. The molecule has 1 atom stereocenters. The molecule has 1 aromatic rings. The van der Waals surface area contributed by atoms with E-state index in [0.29, 0.717) is 42.2 Å². The van der Waals surface area contributed by atoms with Gasteiger partial charge in [0.1, 0.15) is 0 Å². The number of esters is 1. The molecule has 2 rings (SSSR count). The fourth-order valence-electron chi connectivity index (χ4n) is 3.12. The molecule has 0 radical (unpaired) electrons. The molecule has 0 bridgehead atoms. The van der Waals surface area contributed by atoms with Crippen LogP contribution >= 0.6 is 0 Å². The predicted molar refractivity (Wildman–Crippen MR) is 99.3 cm³/mol. The van der Waals surface area contributed by atoms with Crippen LogP contribution in [0.2, 0.25) is 0 Å². The number of methoxy groups -OCH3 is 3. The van der Waals surface area contributed by atoms with E-state index in [2.05, 4.69) is 0 Å². The summed E-state index contributed by atoms with van der Waals surface area (Å²) < 4.78 is 20.8. The summed E-state index contributed by atoms with van der Waals surface area (Å²) in [6.07, 6.45) is 1.30. The summed E-state index contributed by atoms with van der Waals surface area (Å²) in [4.78, 5) is 37.2. The number of likely N-dealkylation sites (tertiary alicyclic amines) is 1. The number of benzene rings is 1. The van der Waals surface area contributed by atoms with Gasteiger partial charge in [0.25, 0.3) is 5.91 Å². The lowest BCUT2D eigenvalue weighted by Gasteiger charge is -2.31. The van der Waals surface area contributed by atoms with Gasteiger partial charge in [0.2, 0.25) is 11.7 Å². The van der Waals surface area contributed by atoms with E-state index in [4.69, 9.17) is 24.7 Å². The highest BCUT2D eigenvalue weighted by Gasteiger charge is 2.27. The fraction of sp³-hybridized carbons (Fsp3) is 0.526. The Hall–Kier alpha value is -2.97. The summed E-state index contributed by atoms with van der Waals surface area (Å²) in [6.45, 7) is 0.403. The number of nitrogens with two attached hydrogens (primary N) is 1. The summed E-state index contributed by atoms with van der Waals surface area (Å²) in [5.74, 6) is -0.413. The minimum atomic E-state index is -0.564. The van der Waals surface area contributed by atoms with Crippen LogP contribution in [0.15, 0.2) is 12.1 Å². The van der Waals surface area contributed by atoms with Crippen LogP contribution in [0.3, 0.4) is 0 Å². The Morgan fingerprint density at radius 2 is 1.75 bits per heavy atom. The third-order valence-electron chi connectivity index (χ3n) is 4.61. The zero-order chi connectivity index (χ0) is 20.7. The molecule has 1 aliphatic heterocycles. The molecule has 0 unspecified atom stereocenters. The van der Waals surface area contributed by atoms with Crippen molar-refractivity contribution in [3.63, 3.8) is 0 Å². The zero-order valence-electron chi connectivity index (χ0n) is 16.4. The Morgan fingerprint density at radius 3 is 2.29 bits per heavy atom. The first-order valence-corrected chi connectivity index (χ1v) is 8.91. The first-order chi connectivity index (χ1) is 13.4. The average molecular weight is 394 g/mol. The van der Waals surface area contributed by atoms with Crippen molar-refractivity contribution in [2.75, 3.05) is 41.0 Å². The van der Waals surface area contributed by atoms with Gasteiger partial charge in [-0.2, -0.15) is 0 Å². The molecular weight excluding hydrogens is 368 g/mol. The van der Waals surface area contributed by atoms with Gasteiger partial charge in [0.15, 0.2) is 18.1 Å². The summed E-state index contributed by atoms with van der Waals surface area (Å²) in [5.41, 5.74) is 5.91. The van der Waals surface area contributed by atoms with Crippen LogP contribution in [0.1, 0.15) is 18.4 Å². The maximum Gasteiger partial charge on any atom is 0.310 e. The average Bonchev–Trinajstić information content (AvgIpc) is 2.71. The van der Waals surface area contributed by atoms with Gasteiger partial charge in [-0.1, -0.05) is 0 Å². The van der Waals surface area contributed by atoms with E-state index in [-0.39, 0.29) is 31.4 Å². The van der Waals surface area contributed by atoms with Crippen molar-refractivity contribution in [3.8, 4) is 17.2 Å². The van der Waals surface area contributed by atoms with E-state index >= 15 is 0 Å². The molecule has 1 aliphatic rings. The number of carbonyl (C=O) groups excluding carboxylic acids is 3. The van der Waals surface area contributed by atoms with Crippen molar-refractivity contribution in [1.82, 2.24) is 4.90 Å². The van der Waals surface area contributed by atoms with Crippen molar-refractivity contribution in [2.45, 2.75) is 19.3 Å². The Balaban J connectivity index is 1.93. The van der Waals surface area contributed by atoms with Crippen LogP contribution < -0.4 is 19.9 Å². The van der Waals surface area contributed by atoms with Crippen LogP contribution in [0.25, 0.3) is 0 Å². The first-order valence-electron chi connectivity index (χ1n) is 8.91. The number of carbonyl (C=O) groups is 3. The number of hydrogen-bond acceptors (Lipinski definition) is 7. The second-order valence-electron chi connectivity index (χ2n) is 6.45. The van der Waals surface area contributed by atoms with E-state index in [1.807, 2.05) is 0 Å². The molecule has 1 aromatic carbocycles. The lowest BCUT2D eigenvalue weighted by atomic mass is 9.97. The number of amides is 2. The highest BCUT2D eigenvalue weighted by molar-refractivity contribution is 5.83. The lowest BCUT2D eigenvalue weighted by molar-refractivity contribution is -0.152. The van der Waals surface area contributed by atoms with Gasteiger partial charge in [-0.25, -0.2) is 0 Å². The highest BCUT2D eigenvalue weighted by Crippen LogP contribution is 2.38. The van der Waals surface area contributed by atoms with Gasteiger partial charge in [-0.05, 0) is 30.5 Å². The second kappa shape index (κ2) is 9.82. The van der Waals surface area contributed by atoms with Gasteiger partial charge in [-0.3, -0.25) is 14.4 Å². The van der Waals surface area contributed by atoms with Crippen molar-refractivity contribution in [1.29, 1.82) is 0 Å². The quantitative estimate of drug-likeness (QED) is 0.639. The maximum absolute atomic E-state index is 12.2. The van der Waals surface area contributed by atoms with Crippen LogP contribution in [0, 0.1) is 5.92 Å². The van der Waals surface area contributed by atoms with Gasteiger partial charge in [0.05, 0.1) is 33.7 Å². The maximum atomic E-state index is 12.2. The summed E-state index contributed by atoms with van der Waals surface area (Å²) in [7, 11) is 4.45. The molecule has 2 amide bonds. The van der Waals surface area contributed by atoms with E-state index in [9.17, 15) is 14.4 Å². The summed E-state index contributed by atoms with van der Waals surface area (Å²) >= 11 is 0. The minimum Gasteiger partial charge on any atom is -0.493 e. The Kier molecular flexibility index (Phi) is 7.48. The number of hydrogen-bond donors (Lipinski definition) is 1. The van der Waals surface area contributed by atoms with Gasteiger partial charge in [-0.15, -0.1) is 0 Å². The molecule has 2 N–H and O–H groups in total. The molecule has 1 heterocycles. The molecule has 1 fully saturated rings.